The van der Waals surface area contributed by atoms with E-state index in [1.807, 2.05) is 31.2 Å². The van der Waals surface area contributed by atoms with Gasteiger partial charge in [-0.2, -0.15) is 0 Å². The van der Waals surface area contributed by atoms with Crippen LogP contribution in [0.25, 0.3) is 0 Å². The summed E-state index contributed by atoms with van der Waals surface area (Å²) in [4.78, 5) is 25.9. The molecule has 1 N–H and O–H groups in total. The standard InChI is InChI=1S/C18H18ClNO2S/c1-11-6-8-12(9-7-11)17(22)16-13-4-2-3-5-14(13)23-18(16)20-15(21)10-19/h6-9H,2-5,10H2,1H3,(H,20,21). The van der Waals surface area contributed by atoms with Gasteiger partial charge in [0.2, 0.25) is 5.91 Å². The number of amides is 1. The van der Waals surface area contributed by atoms with Gasteiger partial charge >= 0.3 is 0 Å². The number of carbonyl (C=O) groups excluding carboxylic acids is 2. The first-order valence-corrected chi connectivity index (χ1v) is 9.07. The normalized spacial score (nSPS) is 13.5. The summed E-state index contributed by atoms with van der Waals surface area (Å²) in [5.41, 5.74) is 3.54. The van der Waals surface area contributed by atoms with E-state index in [1.54, 1.807) is 0 Å². The van der Waals surface area contributed by atoms with Gasteiger partial charge < -0.3 is 5.32 Å². The van der Waals surface area contributed by atoms with Crippen molar-refractivity contribution in [2.75, 3.05) is 11.2 Å². The Hall–Kier alpha value is -1.65. The van der Waals surface area contributed by atoms with E-state index in [9.17, 15) is 9.59 Å². The van der Waals surface area contributed by atoms with Gasteiger partial charge in [-0.25, -0.2) is 0 Å². The number of ketones is 1. The van der Waals surface area contributed by atoms with Crippen molar-refractivity contribution in [3.8, 4) is 0 Å². The van der Waals surface area contributed by atoms with Crippen LogP contribution in [0.15, 0.2) is 24.3 Å². The Morgan fingerprint density at radius 1 is 1.17 bits per heavy atom. The van der Waals surface area contributed by atoms with Crippen molar-refractivity contribution in [1.29, 1.82) is 0 Å². The molecule has 1 aromatic heterocycles. The molecule has 3 nitrogen and oxygen atoms in total. The molecule has 0 saturated heterocycles. The maximum Gasteiger partial charge on any atom is 0.239 e. The van der Waals surface area contributed by atoms with Gasteiger partial charge in [0, 0.05) is 10.4 Å². The molecule has 0 fully saturated rings. The topological polar surface area (TPSA) is 46.2 Å². The van der Waals surface area contributed by atoms with Gasteiger partial charge in [-0.3, -0.25) is 9.59 Å². The molecule has 0 spiro atoms. The van der Waals surface area contributed by atoms with E-state index in [4.69, 9.17) is 11.6 Å². The molecule has 0 bridgehead atoms. The number of rotatable bonds is 4. The van der Waals surface area contributed by atoms with Crippen LogP contribution in [0.1, 0.15) is 44.8 Å². The molecule has 1 aliphatic carbocycles. The molecule has 5 heteroatoms. The average Bonchev–Trinajstić information content (AvgIpc) is 2.92. The zero-order valence-electron chi connectivity index (χ0n) is 12.9. The fraction of sp³-hybridized carbons (Fsp3) is 0.333. The number of fused-ring (bicyclic) bond motifs is 1. The van der Waals surface area contributed by atoms with E-state index in [1.165, 1.54) is 16.2 Å². The van der Waals surface area contributed by atoms with Crippen molar-refractivity contribution in [2.24, 2.45) is 0 Å². The largest absolute Gasteiger partial charge is 0.316 e. The molecule has 3 rings (SSSR count). The summed E-state index contributed by atoms with van der Waals surface area (Å²) in [6.45, 7) is 1.99. The fourth-order valence-electron chi connectivity index (χ4n) is 2.90. The number of anilines is 1. The summed E-state index contributed by atoms with van der Waals surface area (Å²) < 4.78 is 0. The maximum absolute atomic E-state index is 13.0. The molecular weight excluding hydrogens is 330 g/mol. The molecule has 2 aromatic rings. The Bertz CT molecular complexity index is 749. The quantitative estimate of drug-likeness (QED) is 0.660. The lowest BCUT2D eigenvalue weighted by atomic mass is 9.91. The van der Waals surface area contributed by atoms with Crippen LogP contribution in [0.4, 0.5) is 5.00 Å². The van der Waals surface area contributed by atoms with Crippen molar-refractivity contribution < 1.29 is 9.59 Å². The van der Waals surface area contributed by atoms with Gasteiger partial charge in [0.25, 0.3) is 0 Å². The van der Waals surface area contributed by atoms with Crippen molar-refractivity contribution in [3.05, 3.63) is 51.4 Å². The number of halogens is 1. The van der Waals surface area contributed by atoms with E-state index in [2.05, 4.69) is 5.32 Å². The molecular formula is C18H18ClNO2S. The molecule has 0 radical (unpaired) electrons. The highest BCUT2D eigenvalue weighted by Gasteiger charge is 2.26. The highest BCUT2D eigenvalue weighted by molar-refractivity contribution is 7.17. The van der Waals surface area contributed by atoms with E-state index >= 15 is 0 Å². The average molecular weight is 348 g/mol. The first kappa shape index (κ1) is 16.2. The second kappa shape index (κ2) is 6.85. The van der Waals surface area contributed by atoms with Gasteiger partial charge in [-0.1, -0.05) is 29.8 Å². The number of hydrogen-bond donors (Lipinski definition) is 1. The lowest BCUT2D eigenvalue weighted by molar-refractivity contribution is -0.113. The maximum atomic E-state index is 13.0. The number of hydrogen-bond acceptors (Lipinski definition) is 3. The van der Waals surface area contributed by atoms with Crippen LogP contribution < -0.4 is 5.32 Å². The van der Waals surface area contributed by atoms with Crippen LogP contribution in [0.2, 0.25) is 0 Å². The van der Waals surface area contributed by atoms with Crippen LogP contribution >= 0.6 is 22.9 Å². The summed E-state index contributed by atoms with van der Waals surface area (Å²) >= 11 is 7.12. The van der Waals surface area contributed by atoms with Crippen molar-refractivity contribution in [1.82, 2.24) is 0 Å². The van der Waals surface area contributed by atoms with Crippen LogP contribution in [0.3, 0.4) is 0 Å². The minimum absolute atomic E-state index is 0.0192. The number of alkyl halides is 1. The van der Waals surface area contributed by atoms with Crippen LogP contribution in [0, 0.1) is 6.92 Å². The van der Waals surface area contributed by atoms with Gasteiger partial charge in [-0.15, -0.1) is 22.9 Å². The lowest BCUT2D eigenvalue weighted by Crippen LogP contribution is -2.15. The molecule has 23 heavy (non-hydrogen) atoms. The van der Waals surface area contributed by atoms with Crippen molar-refractivity contribution in [3.63, 3.8) is 0 Å². The summed E-state index contributed by atoms with van der Waals surface area (Å²) in [6.07, 6.45) is 4.09. The molecule has 0 unspecified atom stereocenters. The molecule has 0 saturated carbocycles. The van der Waals surface area contributed by atoms with Gasteiger partial charge in [0.1, 0.15) is 10.9 Å². The van der Waals surface area contributed by atoms with Crippen molar-refractivity contribution >= 4 is 39.6 Å². The molecule has 1 heterocycles. The summed E-state index contributed by atoms with van der Waals surface area (Å²) in [5.74, 6) is -0.404. The minimum Gasteiger partial charge on any atom is -0.316 e. The lowest BCUT2D eigenvalue weighted by Gasteiger charge is -2.12. The second-order valence-electron chi connectivity index (χ2n) is 5.79. The Morgan fingerprint density at radius 2 is 1.87 bits per heavy atom. The summed E-state index contributed by atoms with van der Waals surface area (Å²) in [6, 6.07) is 7.56. The predicted octanol–water partition coefficient (Wildman–Crippen LogP) is 4.34. The molecule has 1 amide bonds. The smallest absolute Gasteiger partial charge is 0.239 e. The first-order valence-electron chi connectivity index (χ1n) is 7.72. The van der Waals surface area contributed by atoms with Crippen LogP contribution in [-0.2, 0) is 17.6 Å². The number of carbonyl (C=O) groups is 2. The molecule has 1 aliphatic rings. The Balaban J connectivity index is 2.04. The minimum atomic E-state index is -0.275. The number of nitrogens with one attached hydrogen (secondary N) is 1. The zero-order chi connectivity index (χ0) is 16.4. The molecule has 1 aromatic carbocycles. The van der Waals surface area contributed by atoms with E-state index in [0.717, 1.165) is 36.8 Å². The van der Waals surface area contributed by atoms with E-state index in [-0.39, 0.29) is 17.6 Å². The van der Waals surface area contributed by atoms with Crippen LogP contribution in [0.5, 0.6) is 0 Å². The molecule has 0 atom stereocenters. The number of aryl methyl sites for hydroxylation is 2. The molecule has 0 aliphatic heterocycles. The third-order valence-corrected chi connectivity index (χ3v) is 5.54. The third-order valence-electron chi connectivity index (χ3n) is 4.09. The monoisotopic (exact) mass is 347 g/mol. The first-order chi connectivity index (χ1) is 11.1. The van der Waals surface area contributed by atoms with Crippen molar-refractivity contribution in [2.45, 2.75) is 32.6 Å². The fourth-order valence-corrected chi connectivity index (χ4v) is 4.27. The Kier molecular flexibility index (Phi) is 4.83. The summed E-state index contributed by atoms with van der Waals surface area (Å²) in [5, 5.41) is 3.45. The van der Waals surface area contributed by atoms with E-state index < -0.39 is 0 Å². The Morgan fingerprint density at radius 3 is 2.57 bits per heavy atom. The molecule has 120 valence electrons. The highest BCUT2D eigenvalue weighted by atomic mass is 35.5. The van der Waals surface area contributed by atoms with Gasteiger partial charge in [-0.05, 0) is 38.2 Å². The van der Waals surface area contributed by atoms with Gasteiger partial charge in [0.05, 0.1) is 5.56 Å². The SMILES string of the molecule is Cc1ccc(C(=O)c2c(NC(=O)CCl)sc3c2CCCC3)cc1. The highest BCUT2D eigenvalue weighted by Crippen LogP contribution is 2.39. The second-order valence-corrected chi connectivity index (χ2v) is 7.16. The third kappa shape index (κ3) is 3.33. The number of benzene rings is 1. The Labute approximate surface area is 144 Å². The number of thiophene rings is 1. The predicted molar refractivity (Wildman–Crippen MR) is 94.9 cm³/mol. The van der Waals surface area contributed by atoms with Crippen LogP contribution in [-0.4, -0.2) is 17.6 Å². The van der Waals surface area contributed by atoms with E-state index in [0.29, 0.717) is 16.1 Å². The zero-order valence-corrected chi connectivity index (χ0v) is 14.5. The summed E-state index contributed by atoms with van der Waals surface area (Å²) in [7, 11) is 0. The van der Waals surface area contributed by atoms with Gasteiger partial charge in [0.15, 0.2) is 5.78 Å².